The molecule has 0 unspecified atom stereocenters. The second kappa shape index (κ2) is 10.8. The molecule has 10 rings (SSSR count). The number of rotatable bonds is 4. The molecule has 2 nitrogen and oxygen atoms in total. The van der Waals surface area contributed by atoms with Gasteiger partial charge in [0, 0.05) is 43.7 Å². The van der Waals surface area contributed by atoms with Crippen LogP contribution in [0.3, 0.4) is 0 Å². The van der Waals surface area contributed by atoms with Crippen molar-refractivity contribution in [2.24, 2.45) is 0 Å². The number of aromatic nitrogens is 2. The molecule has 0 saturated heterocycles. The number of fused-ring (bicyclic) bond motifs is 10. The summed E-state index contributed by atoms with van der Waals surface area (Å²) in [6.07, 6.45) is 0. The second-order valence-corrected chi connectivity index (χ2v) is 13.0. The van der Waals surface area contributed by atoms with Crippen molar-refractivity contribution in [3.63, 3.8) is 0 Å². The molecule has 0 atom stereocenters. The van der Waals surface area contributed by atoms with Crippen molar-refractivity contribution in [2.75, 3.05) is 0 Å². The topological polar surface area (TPSA) is 9.86 Å². The third-order valence-electron chi connectivity index (χ3n) is 10.2. The summed E-state index contributed by atoms with van der Waals surface area (Å²) >= 11 is 0. The standard InChI is InChI=1S/C47H32N2/c1-31-22-28-36(29-23-31)48-42-20-9-7-18-40(42)44-45-41-19-8-10-21-43(41)49(47(45)39-17-6-5-16-38(39)46(44)48)37-15-11-14-35(30-37)34-26-24-33(25-27-34)32-12-3-2-4-13-32/h2-30H,1H3. The van der Waals surface area contributed by atoms with Crippen molar-refractivity contribution in [2.45, 2.75) is 6.92 Å². The van der Waals surface area contributed by atoms with E-state index in [1.165, 1.54) is 87.9 Å². The highest BCUT2D eigenvalue weighted by molar-refractivity contribution is 6.37. The van der Waals surface area contributed by atoms with Gasteiger partial charge in [-0.2, -0.15) is 0 Å². The van der Waals surface area contributed by atoms with E-state index >= 15 is 0 Å². The van der Waals surface area contributed by atoms with Crippen LogP contribution in [0.2, 0.25) is 0 Å². The van der Waals surface area contributed by atoms with E-state index in [1.54, 1.807) is 0 Å². The van der Waals surface area contributed by atoms with Crippen LogP contribution < -0.4 is 0 Å². The highest BCUT2D eigenvalue weighted by Crippen LogP contribution is 2.47. The molecule has 49 heavy (non-hydrogen) atoms. The van der Waals surface area contributed by atoms with Gasteiger partial charge in [0.05, 0.1) is 22.1 Å². The van der Waals surface area contributed by atoms with Crippen molar-refractivity contribution in [1.29, 1.82) is 0 Å². The van der Waals surface area contributed by atoms with Gasteiger partial charge >= 0.3 is 0 Å². The molecule has 10 aromatic rings. The Morgan fingerprint density at radius 3 is 1.37 bits per heavy atom. The fourth-order valence-corrected chi connectivity index (χ4v) is 7.93. The molecule has 2 heteroatoms. The number of benzene rings is 8. The molecule has 0 aliphatic carbocycles. The van der Waals surface area contributed by atoms with Gasteiger partial charge in [-0.05, 0) is 65.6 Å². The summed E-state index contributed by atoms with van der Waals surface area (Å²) < 4.78 is 4.96. The molecule has 0 aliphatic rings. The van der Waals surface area contributed by atoms with Gasteiger partial charge in [-0.1, -0.05) is 145 Å². The number of para-hydroxylation sites is 2. The molecule has 2 aromatic heterocycles. The zero-order valence-electron chi connectivity index (χ0n) is 27.1. The Hall–Kier alpha value is -6.38. The summed E-state index contributed by atoms with van der Waals surface area (Å²) in [4.78, 5) is 0. The fourth-order valence-electron chi connectivity index (χ4n) is 7.93. The Balaban J connectivity index is 1.29. The summed E-state index contributed by atoms with van der Waals surface area (Å²) in [5.41, 5.74) is 13.4. The van der Waals surface area contributed by atoms with E-state index in [0.29, 0.717) is 0 Å². The van der Waals surface area contributed by atoms with Gasteiger partial charge in [0.15, 0.2) is 0 Å². The maximum atomic E-state index is 2.49. The SMILES string of the molecule is Cc1ccc(-n2c3ccccc3c3c4c5ccccc5n(-c5cccc(-c6ccc(-c7ccccc7)cc6)c5)c4c4ccccc4c32)cc1. The lowest BCUT2D eigenvalue weighted by Gasteiger charge is -2.14. The van der Waals surface area contributed by atoms with Crippen LogP contribution in [0.5, 0.6) is 0 Å². The molecule has 0 radical (unpaired) electrons. The second-order valence-electron chi connectivity index (χ2n) is 13.0. The summed E-state index contributed by atoms with van der Waals surface area (Å²) in [6, 6.07) is 64.2. The van der Waals surface area contributed by atoms with Gasteiger partial charge in [-0.15, -0.1) is 0 Å². The van der Waals surface area contributed by atoms with Gasteiger partial charge in [-0.3, -0.25) is 0 Å². The number of hydrogen-bond donors (Lipinski definition) is 0. The fraction of sp³-hybridized carbons (Fsp3) is 0.0213. The van der Waals surface area contributed by atoms with Crippen LogP contribution in [0.4, 0.5) is 0 Å². The molecule has 0 amide bonds. The van der Waals surface area contributed by atoms with E-state index in [4.69, 9.17) is 0 Å². The number of hydrogen-bond acceptors (Lipinski definition) is 0. The molecule has 0 fully saturated rings. The van der Waals surface area contributed by atoms with Crippen LogP contribution in [0.1, 0.15) is 5.56 Å². The Labute approximate surface area is 284 Å². The van der Waals surface area contributed by atoms with E-state index in [2.05, 4.69) is 192 Å². The van der Waals surface area contributed by atoms with Crippen LogP contribution in [0.15, 0.2) is 176 Å². The molecule has 0 N–H and O–H groups in total. The average molecular weight is 625 g/mol. The summed E-state index contributed by atoms with van der Waals surface area (Å²) in [7, 11) is 0. The van der Waals surface area contributed by atoms with Crippen molar-refractivity contribution in [1.82, 2.24) is 9.13 Å². The predicted octanol–water partition coefficient (Wildman–Crippen LogP) is 12.7. The van der Waals surface area contributed by atoms with E-state index < -0.39 is 0 Å². The lowest BCUT2D eigenvalue weighted by atomic mass is 9.99. The van der Waals surface area contributed by atoms with Crippen LogP contribution >= 0.6 is 0 Å². The molecule has 2 heterocycles. The lowest BCUT2D eigenvalue weighted by molar-refractivity contribution is 1.18. The maximum Gasteiger partial charge on any atom is 0.0627 e. The first-order valence-corrected chi connectivity index (χ1v) is 16.9. The third-order valence-corrected chi connectivity index (χ3v) is 10.2. The van der Waals surface area contributed by atoms with Crippen LogP contribution in [-0.2, 0) is 0 Å². The molecular formula is C47H32N2. The molecule has 0 saturated carbocycles. The first kappa shape index (κ1) is 27.7. The number of nitrogens with zero attached hydrogens (tertiary/aromatic N) is 2. The normalized spacial score (nSPS) is 11.8. The van der Waals surface area contributed by atoms with E-state index in [9.17, 15) is 0 Å². The molecular weight excluding hydrogens is 593 g/mol. The molecule has 8 aromatic carbocycles. The van der Waals surface area contributed by atoms with Crippen LogP contribution in [0.25, 0.3) is 88.0 Å². The Morgan fingerprint density at radius 1 is 0.327 bits per heavy atom. The predicted molar refractivity (Wildman–Crippen MR) is 208 cm³/mol. The minimum Gasteiger partial charge on any atom is -0.309 e. The van der Waals surface area contributed by atoms with E-state index in [0.717, 1.165) is 5.69 Å². The Kier molecular flexibility index (Phi) is 6.13. The molecule has 0 bridgehead atoms. The van der Waals surface area contributed by atoms with Gasteiger partial charge in [-0.25, -0.2) is 0 Å². The summed E-state index contributed by atoms with van der Waals surface area (Å²) in [5, 5.41) is 7.62. The largest absolute Gasteiger partial charge is 0.309 e. The van der Waals surface area contributed by atoms with Gasteiger partial charge in [0.25, 0.3) is 0 Å². The Bertz CT molecular complexity index is 2850. The van der Waals surface area contributed by atoms with Crippen molar-refractivity contribution in [3.8, 4) is 33.6 Å². The lowest BCUT2D eigenvalue weighted by Crippen LogP contribution is -1.97. The van der Waals surface area contributed by atoms with Gasteiger partial charge in [0.1, 0.15) is 0 Å². The van der Waals surface area contributed by atoms with Crippen molar-refractivity contribution < 1.29 is 0 Å². The van der Waals surface area contributed by atoms with Crippen LogP contribution in [-0.4, -0.2) is 9.13 Å². The molecule has 0 aliphatic heterocycles. The monoisotopic (exact) mass is 624 g/mol. The zero-order chi connectivity index (χ0) is 32.5. The van der Waals surface area contributed by atoms with Gasteiger partial charge in [0.2, 0.25) is 0 Å². The minimum absolute atomic E-state index is 1.16. The quantitative estimate of drug-likeness (QED) is 0.184. The highest BCUT2D eigenvalue weighted by Gasteiger charge is 2.24. The van der Waals surface area contributed by atoms with Crippen LogP contribution in [0, 0.1) is 6.92 Å². The average Bonchev–Trinajstić information content (AvgIpc) is 3.70. The first-order valence-electron chi connectivity index (χ1n) is 16.9. The van der Waals surface area contributed by atoms with Crippen molar-refractivity contribution >= 4 is 54.4 Å². The van der Waals surface area contributed by atoms with Gasteiger partial charge < -0.3 is 9.13 Å². The van der Waals surface area contributed by atoms with E-state index in [-0.39, 0.29) is 0 Å². The maximum absolute atomic E-state index is 2.49. The summed E-state index contributed by atoms with van der Waals surface area (Å²) in [6.45, 7) is 2.15. The third kappa shape index (κ3) is 4.21. The Morgan fingerprint density at radius 2 is 0.776 bits per heavy atom. The number of aryl methyl sites for hydroxylation is 1. The molecule has 0 spiro atoms. The molecule has 230 valence electrons. The smallest absolute Gasteiger partial charge is 0.0627 e. The first-order chi connectivity index (χ1) is 24.2. The van der Waals surface area contributed by atoms with Crippen molar-refractivity contribution in [3.05, 3.63) is 181 Å². The highest BCUT2D eigenvalue weighted by atomic mass is 15.0. The minimum atomic E-state index is 1.16. The summed E-state index contributed by atoms with van der Waals surface area (Å²) in [5.74, 6) is 0. The van der Waals surface area contributed by atoms with E-state index in [1.807, 2.05) is 0 Å². The zero-order valence-corrected chi connectivity index (χ0v) is 27.1.